The molecule has 0 aliphatic rings. The first kappa shape index (κ1) is 15.7. The molecule has 0 fully saturated rings. The molecule has 1 aromatic rings. The van der Waals surface area contributed by atoms with E-state index in [0.29, 0.717) is 19.0 Å². The van der Waals surface area contributed by atoms with Crippen LogP contribution in [0, 0.1) is 0 Å². The molecule has 0 bridgehead atoms. The van der Waals surface area contributed by atoms with Crippen molar-refractivity contribution in [1.82, 2.24) is 10.3 Å². The maximum Gasteiger partial charge on any atom is 0.337 e. The zero-order valence-corrected chi connectivity index (χ0v) is 11.4. The fourth-order valence-electron chi connectivity index (χ4n) is 1.55. The summed E-state index contributed by atoms with van der Waals surface area (Å²) in [7, 11) is 3.20. The number of hydrogen-bond acceptors (Lipinski definition) is 6. The summed E-state index contributed by atoms with van der Waals surface area (Å²) >= 11 is 0. The highest BCUT2D eigenvalue weighted by atomic mass is 16.5. The number of rotatable bonds is 7. The van der Waals surface area contributed by atoms with Gasteiger partial charge in [0.1, 0.15) is 0 Å². The zero-order chi connectivity index (χ0) is 15.1. The third kappa shape index (κ3) is 4.39. The SMILES string of the molecule is COCCNC(=O)CN(C)c1ncc(C(=O)O)cc1N. The van der Waals surface area contributed by atoms with Gasteiger partial charge in [-0.3, -0.25) is 4.79 Å². The van der Waals surface area contributed by atoms with Crippen LogP contribution >= 0.6 is 0 Å². The third-order valence-corrected chi connectivity index (χ3v) is 2.51. The van der Waals surface area contributed by atoms with Crippen molar-refractivity contribution in [3.63, 3.8) is 0 Å². The van der Waals surface area contributed by atoms with Crippen LogP contribution < -0.4 is 16.0 Å². The first-order chi connectivity index (χ1) is 9.45. The van der Waals surface area contributed by atoms with Gasteiger partial charge in [0.25, 0.3) is 0 Å². The van der Waals surface area contributed by atoms with Gasteiger partial charge < -0.3 is 25.8 Å². The Hall–Kier alpha value is -2.35. The predicted molar refractivity (Wildman–Crippen MR) is 73.8 cm³/mol. The van der Waals surface area contributed by atoms with Gasteiger partial charge in [0.05, 0.1) is 24.4 Å². The largest absolute Gasteiger partial charge is 0.478 e. The molecule has 1 aromatic heterocycles. The number of aromatic carboxylic acids is 1. The van der Waals surface area contributed by atoms with Crippen LogP contribution in [0.5, 0.6) is 0 Å². The second-order valence-electron chi connectivity index (χ2n) is 4.14. The topological polar surface area (TPSA) is 118 Å². The van der Waals surface area contributed by atoms with Crippen molar-refractivity contribution < 1.29 is 19.4 Å². The third-order valence-electron chi connectivity index (χ3n) is 2.51. The lowest BCUT2D eigenvalue weighted by Gasteiger charge is -2.19. The average molecular weight is 282 g/mol. The van der Waals surface area contributed by atoms with E-state index in [2.05, 4.69) is 10.3 Å². The van der Waals surface area contributed by atoms with Gasteiger partial charge in [-0.2, -0.15) is 0 Å². The Balaban J connectivity index is 2.65. The zero-order valence-electron chi connectivity index (χ0n) is 11.4. The van der Waals surface area contributed by atoms with Crippen molar-refractivity contribution in [3.05, 3.63) is 17.8 Å². The number of nitrogens with zero attached hydrogens (tertiary/aromatic N) is 2. The monoisotopic (exact) mass is 282 g/mol. The van der Waals surface area contributed by atoms with Crippen LogP contribution in [0.15, 0.2) is 12.3 Å². The number of aromatic nitrogens is 1. The second-order valence-corrected chi connectivity index (χ2v) is 4.14. The molecule has 0 aliphatic carbocycles. The van der Waals surface area contributed by atoms with Crippen LogP contribution in [0.3, 0.4) is 0 Å². The van der Waals surface area contributed by atoms with E-state index in [1.165, 1.54) is 12.3 Å². The molecule has 110 valence electrons. The Morgan fingerprint density at radius 2 is 2.25 bits per heavy atom. The summed E-state index contributed by atoms with van der Waals surface area (Å²) in [4.78, 5) is 27.9. The quantitative estimate of drug-likeness (QED) is 0.580. The van der Waals surface area contributed by atoms with E-state index in [0.717, 1.165) is 0 Å². The molecular formula is C12H18N4O4. The van der Waals surface area contributed by atoms with Crippen molar-refractivity contribution in [1.29, 1.82) is 0 Å². The number of hydrogen-bond donors (Lipinski definition) is 3. The molecule has 20 heavy (non-hydrogen) atoms. The normalized spacial score (nSPS) is 10.1. The molecule has 0 aromatic carbocycles. The molecule has 4 N–H and O–H groups in total. The molecule has 1 amide bonds. The molecule has 8 heteroatoms. The van der Waals surface area contributed by atoms with Crippen LogP contribution in [-0.2, 0) is 9.53 Å². The molecule has 0 radical (unpaired) electrons. The number of amides is 1. The van der Waals surface area contributed by atoms with Crippen LogP contribution in [0.4, 0.5) is 11.5 Å². The Morgan fingerprint density at radius 1 is 1.55 bits per heavy atom. The number of carbonyl (C=O) groups is 2. The lowest BCUT2D eigenvalue weighted by Crippen LogP contribution is -2.37. The van der Waals surface area contributed by atoms with E-state index in [9.17, 15) is 9.59 Å². The summed E-state index contributed by atoms with van der Waals surface area (Å²) in [5.41, 5.74) is 5.95. The summed E-state index contributed by atoms with van der Waals surface area (Å²) in [5, 5.41) is 11.5. The van der Waals surface area contributed by atoms with Crippen molar-refractivity contribution in [2.45, 2.75) is 0 Å². The number of likely N-dealkylation sites (N-methyl/N-ethyl adjacent to an activating group) is 1. The predicted octanol–water partition coefficient (Wildman–Crippen LogP) is -0.439. The van der Waals surface area contributed by atoms with Crippen molar-refractivity contribution in [2.24, 2.45) is 0 Å². The highest BCUT2D eigenvalue weighted by molar-refractivity contribution is 5.89. The minimum atomic E-state index is -1.10. The van der Waals surface area contributed by atoms with Crippen LogP contribution in [0.25, 0.3) is 0 Å². The number of carbonyl (C=O) groups excluding carboxylic acids is 1. The first-order valence-electron chi connectivity index (χ1n) is 5.91. The lowest BCUT2D eigenvalue weighted by atomic mass is 10.2. The van der Waals surface area contributed by atoms with Crippen LogP contribution in [-0.4, -0.2) is 55.8 Å². The Labute approximate surface area is 116 Å². The highest BCUT2D eigenvalue weighted by Crippen LogP contribution is 2.19. The van der Waals surface area contributed by atoms with E-state index < -0.39 is 5.97 Å². The lowest BCUT2D eigenvalue weighted by molar-refractivity contribution is -0.119. The van der Waals surface area contributed by atoms with E-state index in [-0.39, 0.29) is 23.7 Å². The number of pyridine rings is 1. The number of carboxylic acid groups (broad SMARTS) is 1. The molecule has 0 spiro atoms. The second kappa shape index (κ2) is 7.29. The Bertz CT molecular complexity index is 492. The molecule has 0 atom stereocenters. The van der Waals surface area contributed by atoms with Crippen molar-refractivity contribution in [2.75, 3.05) is 44.5 Å². The highest BCUT2D eigenvalue weighted by Gasteiger charge is 2.13. The minimum Gasteiger partial charge on any atom is -0.478 e. The van der Waals surface area contributed by atoms with Gasteiger partial charge in [0, 0.05) is 26.9 Å². The fraction of sp³-hybridized carbons (Fsp3) is 0.417. The summed E-state index contributed by atoms with van der Waals surface area (Å²) in [6, 6.07) is 1.31. The minimum absolute atomic E-state index is 0.00389. The standard InChI is InChI=1S/C12H18N4O4/c1-16(7-10(17)14-3-4-20-2)11-9(13)5-8(6-15-11)12(18)19/h5-6H,3-4,7,13H2,1-2H3,(H,14,17)(H,18,19). The molecule has 8 nitrogen and oxygen atoms in total. The maximum atomic E-state index is 11.6. The number of ether oxygens (including phenoxy) is 1. The van der Waals surface area contributed by atoms with Crippen molar-refractivity contribution in [3.8, 4) is 0 Å². The van der Waals surface area contributed by atoms with Crippen LogP contribution in [0.2, 0.25) is 0 Å². The van der Waals surface area contributed by atoms with Gasteiger partial charge in [-0.25, -0.2) is 9.78 Å². The number of anilines is 2. The number of nitrogens with one attached hydrogen (secondary N) is 1. The smallest absolute Gasteiger partial charge is 0.337 e. The van der Waals surface area contributed by atoms with E-state index in [1.54, 1.807) is 19.1 Å². The Kier molecular flexibility index (Phi) is 5.73. The number of carboxylic acids is 1. The average Bonchev–Trinajstić information content (AvgIpc) is 2.38. The molecule has 1 heterocycles. The molecule has 1 rings (SSSR count). The van der Waals surface area contributed by atoms with Gasteiger partial charge in [0.2, 0.25) is 5.91 Å². The summed E-state index contributed by atoms with van der Waals surface area (Å²) in [6.07, 6.45) is 1.20. The van der Waals surface area contributed by atoms with Crippen molar-refractivity contribution >= 4 is 23.4 Å². The summed E-state index contributed by atoms with van der Waals surface area (Å²) in [6.45, 7) is 0.917. The van der Waals surface area contributed by atoms with E-state index in [1.807, 2.05) is 0 Å². The molecule has 0 aliphatic heterocycles. The molecule has 0 saturated carbocycles. The number of nitrogen functional groups attached to an aromatic ring is 1. The molecular weight excluding hydrogens is 264 g/mol. The van der Waals surface area contributed by atoms with E-state index >= 15 is 0 Å². The molecule has 0 saturated heterocycles. The van der Waals surface area contributed by atoms with Gasteiger partial charge >= 0.3 is 5.97 Å². The first-order valence-corrected chi connectivity index (χ1v) is 5.91. The summed E-state index contributed by atoms with van der Waals surface area (Å²) < 4.78 is 4.82. The van der Waals surface area contributed by atoms with Crippen LogP contribution in [0.1, 0.15) is 10.4 Å². The van der Waals surface area contributed by atoms with E-state index in [4.69, 9.17) is 15.6 Å². The molecule has 0 unspecified atom stereocenters. The van der Waals surface area contributed by atoms with Gasteiger partial charge in [-0.15, -0.1) is 0 Å². The van der Waals surface area contributed by atoms with Gasteiger partial charge in [-0.1, -0.05) is 0 Å². The van der Waals surface area contributed by atoms with Gasteiger partial charge in [0.15, 0.2) is 5.82 Å². The number of nitrogens with two attached hydrogens (primary N) is 1. The Morgan fingerprint density at radius 3 is 2.80 bits per heavy atom. The fourth-order valence-corrected chi connectivity index (χ4v) is 1.55. The number of methoxy groups -OCH3 is 1. The van der Waals surface area contributed by atoms with Gasteiger partial charge in [-0.05, 0) is 6.07 Å². The maximum absolute atomic E-state index is 11.6. The summed E-state index contributed by atoms with van der Waals surface area (Å²) in [5.74, 6) is -0.944.